The molecule has 0 aromatic carbocycles. The smallest absolute Gasteiger partial charge is 0.110 e. The molecule has 3 nitrogen and oxygen atoms in total. The van der Waals surface area contributed by atoms with Gasteiger partial charge in [0.25, 0.3) is 0 Å². The fourth-order valence-electron chi connectivity index (χ4n) is 2.18. The van der Waals surface area contributed by atoms with Gasteiger partial charge in [-0.1, -0.05) is 6.42 Å². The van der Waals surface area contributed by atoms with Gasteiger partial charge in [-0.25, -0.2) is 4.98 Å². The number of methoxy groups -OCH3 is 1. The van der Waals surface area contributed by atoms with E-state index in [4.69, 9.17) is 9.72 Å². The number of rotatable bonds is 6. The first kappa shape index (κ1) is 13.0. The number of nitrogens with zero attached hydrogens (tertiary/aromatic N) is 1. The SMILES string of the molecule is COCCNC(c1nc(C)c(C)s1)C1CCC1. The van der Waals surface area contributed by atoms with Gasteiger partial charge >= 0.3 is 0 Å². The van der Waals surface area contributed by atoms with Gasteiger partial charge in [0.15, 0.2) is 0 Å². The third kappa shape index (κ3) is 3.06. The lowest BCUT2D eigenvalue weighted by Gasteiger charge is -2.33. The maximum absolute atomic E-state index is 5.11. The van der Waals surface area contributed by atoms with Gasteiger partial charge in [0.1, 0.15) is 5.01 Å². The molecule has 1 unspecified atom stereocenters. The molecule has 1 aromatic heterocycles. The van der Waals surface area contributed by atoms with Crippen LogP contribution in [0.15, 0.2) is 0 Å². The molecular formula is C13H22N2OS. The first-order valence-corrected chi connectivity index (χ1v) is 7.20. The van der Waals surface area contributed by atoms with Gasteiger partial charge in [0.2, 0.25) is 0 Å². The largest absolute Gasteiger partial charge is 0.383 e. The Balaban J connectivity index is 2.03. The van der Waals surface area contributed by atoms with Crippen molar-refractivity contribution in [3.05, 3.63) is 15.6 Å². The average molecular weight is 254 g/mol. The second-order valence-electron chi connectivity index (χ2n) is 4.81. The van der Waals surface area contributed by atoms with Crippen LogP contribution in [0.4, 0.5) is 0 Å². The lowest BCUT2D eigenvalue weighted by atomic mass is 9.80. The average Bonchev–Trinajstić information content (AvgIpc) is 2.55. The summed E-state index contributed by atoms with van der Waals surface area (Å²) < 4.78 is 5.11. The minimum atomic E-state index is 0.441. The van der Waals surface area contributed by atoms with Crippen molar-refractivity contribution in [2.24, 2.45) is 5.92 Å². The van der Waals surface area contributed by atoms with Crippen LogP contribution >= 0.6 is 11.3 Å². The van der Waals surface area contributed by atoms with Crippen molar-refractivity contribution >= 4 is 11.3 Å². The van der Waals surface area contributed by atoms with E-state index in [1.54, 1.807) is 7.11 Å². The number of thiazole rings is 1. The van der Waals surface area contributed by atoms with Crippen LogP contribution < -0.4 is 5.32 Å². The Morgan fingerprint density at radius 2 is 2.24 bits per heavy atom. The Bertz CT molecular complexity index is 341. The highest BCUT2D eigenvalue weighted by Crippen LogP contribution is 2.39. The third-order valence-electron chi connectivity index (χ3n) is 3.60. The predicted octanol–water partition coefficient (Wildman–Crippen LogP) is 2.84. The molecular weight excluding hydrogens is 232 g/mol. The molecule has 1 aromatic rings. The van der Waals surface area contributed by atoms with Crippen LogP contribution in [0.5, 0.6) is 0 Å². The molecule has 0 aliphatic heterocycles. The van der Waals surface area contributed by atoms with Crippen molar-refractivity contribution < 1.29 is 4.74 Å². The van der Waals surface area contributed by atoms with E-state index >= 15 is 0 Å². The quantitative estimate of drug-likeness (QED) is 0.793. The monoisotopic (exact) mass is 254 g/mol. The van der Waals surface area contributed by atoms with Crippen LogP contribution in [0.1, 0.15) is 40.9 Å². The molecule has 0 radical (unpaired) electrons. The van der Waals surface area contributed by atoms with Gasteiger partial charge in [-0.05, 0) is 32.6 Å². The molecule has 1 heterocycles. The summed E-state index contributed by atoms with van der Waals surface area (Å²) in [5.74, 6) is 0.775. The highest BCUT2D eigenvalue weighted by Gasteiger charge is 2.30. The second kappa shape index (κ2) is 5.94. The van der Waals surface area contributed by atoms with E-state index in [1.807, 2.05) is 11.3 Å². The summed E-state index contributed by atoms with van der Waals surface area (Å²) in [6.07, 6.45) is 4.04. The minimum Gasteiger partial charge on any atom is -0.383 e. The summed E-state index contributed by atoms with van der Waals surface area (Å²) in [5.41, 5.74) is 1.18. The van der Waals surface area contributed by atoms with E-state index in [1.165, 1.54) is 34.8 Å². The molecule has 1 atom stereocenters. The zero-order valence-corrected chi connectivity index (χ0v) is 11.8. The Kier molecular flexibility index (Phi) is 4.54. The predicted molar refractivity (Wildman–Crippen MR) is 71.5 cm³/mol. The van der Waals surface area contributed by atoms with Crippen LogP contribution in [0.2, 0.25) is 0 Å². The summed E-state index contributed by atoms with van der Waals surface area (Å²) in [4.78, 5) is 6.05. The molecule has 0 spiro atoms. The Morgan fingerprint density at radius 3 is 2.71 bits per heavy atom. The van der Waals surface area contributed by atoms with Crippen molar-refractivity contribution in [1.82, 2.24) is 10.3 Å². The van der Waals surface area contributed by atoms with Crippen LogP contribution in [-0.2, 0) is 4.74 Å². The first-order chi connectivity index (χ1) is 8.22. The number of hydrogen-bond donors (Lipinski definition) is 1. The molecule has 1 aliphatic rings. The maximum Gasteiger partial charge on any atom is 0.110 e. The molecule has 96 valence electrons. The van der Waals surface area contributed by atoms with Crippen molar-refractivity contribution in [3.63, 3.8) is 0 Å². The van der Waals surface area contributed by atoms with Crippen LogP contribution in [-0.4, -0.2) is 25.2 Å². The first-order valence-electron chi connectivity index (χ1n) is 6.38. The zero-order chi connectivity index (χ0) is 12.3. The van der Waals surface area contributed by atoms with Gasteiger partial charge < -0.3 is 10.1 Å². The fraction of sp³-hybridized carbons (Fsp3) is 0.769. The highest BCUT2D eigenvalue weighted by molar-refractivity contribution is 7.11. The van der Waals surface area contributed by atoms with E-state index in [9.17, 15) is 0 Å². The Hall–Kier alpha value is -0.450. The van der Waals surface area contributed by atoms with Gasteiger partial charge in [0.05, 0.1) is 18.3 Å². The standard InChI is InChI=1S/C13H22N2OS/c1-9-10(2)17-13(15-9)12(11-5-4-6-11)14-7-8-16-3/h11-12,14H,4-8H2,1-3H3. The number of nitrogens with one attached hydrogen (secondary N) is 1. The number of aromatic nitrogens is 1. The van der Waals surface area contributed by atoms with Gasteiger partial charge in [-0.3, -0.25) is 0 Å². The lowest BCUT2D eigenvalue weighted by Crippen LogP contribution is -2.34. The van der Waals surface area contributed by atoms with Gasteiger partial charge in [0, 0.05) is 18.5 Å². The van der Waals surface area contributed by atoms with Crippen LogP contribution in [0.3, 0.4) is 0 Å². The normalized spacial score (nSPS) is 18.1. The maximum atomic E-state index is 5.11. The van der Waals surface area contributed by atoms with E-state index < -0.39 is 0 Å². The van der Waals surface area contributed by atoms with Crippen LogP contribution in [0.25, 0.3) is 0 Å². The molecule has 2 rings (SSSR count). The topological polar surface area (TPSA) is 34.1 Å². The number of aryl methyl sites for hydroxylation is 2. The van der Waals surface area contributed by atoms with Gasteiger partial charge in [-0.15, -0.1) is 11.3 Å². The van der Waals surface area contributed by atoms with Gasteiger partial charge in [-0.2, -0.15) is 0 Å². The molecule has 0 bridgehead atoms. The molecule has 0 saturated heterocycles. The molecule has 17 heavy (non-hydrogen) atoms. The van der Waals surface area contributed by atoms with E-state index in [-0.39, 0.29) is 0 Å². The molecule has 1 N–H and O–H groups in total. The number of hydrogen-bond acceptors (Lipinski definition) is 4. The van der Waals surface area contributed by atoms with E-state index in [2.05, 4.69) is 19.2 Å². The summed E-state index contributed by atoms with van der Waals surface area (Å²) >= 11 is 1.84. The summed E-state index contributed by atoms with van der Waals surface area (Å²) in [6, 6.07) is 0.441. The highest BCUT2D eigenvalue weighted by atomic mass is 32.1. The Labute approximate surface area is 108 Å². The van der Waals surface area contributed by atoms with Crippen molar-refractivity contribution in [1.29, 1.82) is 0 Å². The Morgan fingerprint density at radius 1 is 1.47 bits per heavy atom. The zero-order valence-electron chi connectivity index (χ0n) is 11.0. The molecule has 1 aliphatic carbocycles. The number of ether oxygens (including phenoxy) is 1. The van der Waals surface area contributed by atoms with Crippen molar-refractivity contribution in [3.8, 4) is 0 Å². The third-order valence-corrected chi connectivity index (χ3v) is 4.76. The molecule has 0 amide bonds. The van der Waals surface area contributed by atoms with E-state index in [0.29, 0.717) is 6.04 Å². The van der Waals surface area contributed by atoms with Crippen LogP contribution in [0, 0.1) is 19.8 Å². The summed E-state index contributed by atoms with van der Waals surface area (Å²) in [5, 5.41) is 4.87. The summed E-state index contributed by atoms with van der Waals surface area (Å²) in [6.45, 7) is 5.94. The second-order valence-corrected chi connectivity index (χ2v) is 6.04. The minimum absolute atomic E-state index is 0.441. The fourth-order valence-corrected chi connectivity index (χ4v) is 3.27. The molecule has 1 fully saturated rings. The lowest BCUT2D eigenvalue weighted by molar-refractivity contribution is 0.176. The van der Waals surface area contributed by atoms with E-state index in [0.717, 1.165) is 19.1 Å². The van der Waals surface area contributed by atoms with Crippen molar-refractivity contribution in [2.75, 3.05) is 20.3 Å². The molecule has 4 heteroatoms. The molecule has 1 saturated carbocycles. The summed E-state index contributed by atoms with van der Waals surface area (Å²) in [7, 11) is 1.75. The van der Waals surface area contributed by atoms with Crippen molar-refractivity contribution in [2.45, 2.75) is 39.2 Å².